The lowest BCUT2D eigenvalue weighted by Gasteiger charge is -2.20. The van der Waals surface area contributed by atoms with Crippen LogP contribution in [0.1, 0.15) is 168 Å². The van der Waals surface area contributed by atoms with E-state index < -0.39 is 0 Å². The minimum atomic E-state index is 0.278. The van der Waals surface area contributed by atoms with E-state index in [-0.39, 0.29) is 12.2 Å². The lowest BCUT2D eigenvalue weighted by Crippen LogP contribution is -2.30. The fourth-order valence-electron chi connectivity index (χ4n) is 5.60. The summed E-state index contributed by atoms with van der Waals surface area (Å²) in [6, 6.07) is 0. The topological polar surface area (TPSA) is 21.7 Å². The highest BCUT2D eigenvalue weighted by atomic mass is 16.5. The quantitative estimate of drug-likeness (QED) is 0.0979. The van der Waals surface area contributed by atoms with Crippen molar-refractivity contribution in [1.82, 2.24) is 4.90 Å². The van der Waals surface area contributed by atoms with Crippen molar-refractivity contribution in [3.63, 3.8) is 0 Å². The van der Waals surface area contributed by atoms with Gasteiger partial charge in [-0.15, -0.1) is 0 Å². The van der Waals surface area contributed by atoms with Crippen LogP contribution in [0.5, 0.6) is 0 Å². The summed E-state index contributed by atoms with van der Waals surface area (Å²) in [5.74, 6) is 0. The minimum absolute atomic E-state index is 0.278. The molecule has 0 aromatic carbocycles. The van der Waals surface area contributed by atoms with Gasteiger partial charge in [-0.2, -0.15) is 0 Å². The maximum atomic E-state index is 6.28. The lowest BCUT2D eigenvalue weighted by molar-refractivity contribution is -0.0481. The fraction of sp³-hybridized carbons (Fsp3) is 1.00. The molecule has 0 spiro atoms. The molecule has 1 saturated heterocycles. The van der Waals surface area contributed by atoms with Crippen molar-refractivity contribution in [2.45, 2.75) is 180 Å². The summed E-state index contributed by atoms with van der Waals surface area (Å²) < 4.78 is 12.6. The molecule has 0 bridgehead atoms. The second kappa shape index (κ2) is 26.5. The van der Waals surface area contributed by atoms with Gasteiger partial charge in [-0.25, -0.2) is 0 Å². The van der Waals surface area contributed by atoms with Crippen LogP contribution in [-0.2, 0) is 9.47 Å². The molecule has 36 heavy (non-hydrogen) atoms. The molecule has 0 radical (unpaired) electrons. The molecule has 0 saturated carbocycles. The number of nitrogens with zero attached hydrogens (tertiary/aromatic N) is 1. The molecule has 1 unspecified atom stereocenters. The average molecular weight is 510 g/mol. The molecule has 1 aliphatic rings. The van der Waals surface area contributed by atoms with Crippen molar-refractivity contribution in [1.29, 1.82) is 0 Å². The molecule has 3 heteroatoms. The van der Waals surface area contributed by atoms with E-state index in [0.29, 0.717) is 0 Å². The van der Waals surface area contributed by atoms with E-state index in [1.165, 1.54) is 154 Å². The van der Waals surface area contributed by atoms with Crippen molar-refractivity contribution in [3.05, 3.63) is 0 Å². The van der Waals surface area contributed by atoms with Crippen LogP contribution in [0.4, 0.5) is 0 Å². The van der Waals surface area contributed by atoms with Gasteiger partial charge in [0, 0.05) is 26.3 Å². The van der Waals surface area contributed by atoms with Gasteiger partial charge in [0.25, 0.3) is 0 Å². The Morgan fingerprint density at radius 1 is 0.417 bits per heavy atom. The minimum Gasteiger partial charge on any atom is -0.374 e. The Hall–Kier alpha value is -0.120. The zero-order valence-electron chi connectivity index (χ0n) is 25.2. The molecule has 1 aliphatic heterocycles. The van der Waals surface area contributed by atoms with Gasteiger partial charge in [-0.05, 0) is 19.9 Å². The SMILES string of the molecule is CCCCCCCCCCCCCCOC1CN(C)C[C@H]1OCCCCCCCCCCCCCC. The van der Waals surface area contributed by atoms with Crippen LogP contribution in [0.3, 0.4) is 0 Å². The standard InChI is InChI=1S/C33H67NO2/c1-4-6-8-10-12-14-16-18-20-22-24-26-28-35-32-30-34(3)31-33(32)36-29-27-25-23-21-19-17-15-13-11-9-7-5-2/h32-33H,4-31H2,1-3H3/t32-,33?/m1/s1. The molecule has 2 atom stereocenters. The molecule has 0 aromatic heterocycles. The Labute approximate surface area is 227 Å². The smallest absolute Gasteiger partial charge is 0.0975 e. The molecule has 1 heterocycles. The maximum Gasteiger partial charge on any atom is 0.0975 e. The summed E-state index contributed by atoms with van der Waals surface area (Å²) in [6.45, 7) is 8.47. The highest BCUT2D eigenvalue weighted by molar-refractivity contribution is 4.84. The van der Waals surface area contributed by atoms with Gasteiger partial charge in [-0.1, -0.05) is 155 Å². The van der Waals surface area contributed by atoms with E-state index in [9.17, 15) is 0 Å². The number of rotatable bonds is 28. The van der Waals surface area contributed by atoms with Crippen LogP contribution < -0.4 is 0 Å². The Bertz CT molecular complexity index is 392. The van der Waals surface area contributed by atoms with E-state index in [2.05, 4.69) is 25.8 Å². The second-order valence-corrected chi connectivity index (χ2v) is 11.8. The number of hydrogen-bond acceptors (Lipinski definition) is 3. The van der Waals surface area contributed by atoms with E-state index in [1.807, 2.05) is 0 Å². The molecular weight excluding hydrogens is 442 g/mol. The summed E-state index contributed by atoms with van der Waals surface area (Å²) in [7, 11) is 2.20. The predicted octanol–water partition coefficient (Wildman–Crippen LogP) is 10.1. The van der Waals surface area contributed by atoms with E-state index in [0.717, 1.165) is 26.3 Å². The largest absolute Gasteiger partial charge is 0.374 e. The maximum absolute atomic E-state index is 6.28. The first-order valence-corrected chi connectivity index (χ1v) is 16.7. The summed E-state index contributed by atoms with van der Waals surface area (Å²) in [5, 5.41) is 0. The molecule has 3 nitrogen and oxygen atoms in total. The fourth-order valence-corrected chi connectivity index (χ4v) is 5.60. The zero-order chi connectivity index (χ0) is 25.9. The monoisotopic (exact) mass is 510 g/mol. The molecule has 1 fully saturated rings. The second-order valence-electron chi connectivity index (χ2n) is 11.8. The van der Waals surface area contributed by atoms with Crippen molar-refractivity contribution >= 4 is 0 Å². The normalized spacial score (nSPS) is 18.4. The highest BCUT2D eigenvalue weighted by Gasteiger charge is 2.32. The predicted molar refractivity (Wildman–Crippen MR) is 159 cm³/mol. The van der Waals surface area contributed by atoms with Crippen LogP contribution in [0.2, 0.25) is 0 Å². The molecule has 216 valence electrons. The molecule has 0 aliphatic carbocycles. The van der Waals surface area contributed by atoms with Gasteiger partial charge in [-0.3, -0.25) is 0 Å². The molecule has 0 aromatic rings. The Balaban J connectivity index is 1.88. The van der Waals surface area contributed by atoms with Crippen molar-refractivity contribution in [2.75, 3.05) is 33.4 Å². The van der Waals surface area contributed by atoms with Crippen LogP contribution in [0, 0.1) is 0 Å². The van der Waals surface area contributed by atoms with E-state index >= 15 is 0 Å². The molecular formula is C33H67NO2. The first-order valence-electron chi connectivity index (χ1n) is 16.7. The van der Waals surface area contributed by atoms with Gasteiger partial charge in [0.2, 0.25) is 0 Å². The Morgan fingerprint density at radius 2 is 0.667 bits per heavy atom. The van der Waals surface area contributed by atoms with E-state index in [4.69, 9.17) is 9.47 Å². The summed E-state index contributed by atoms with van der Waals surface area (Å²) in [4.78, 5) is 2.37. The number of unbranched alkanes of at least 4 members (excludes halogenated alkanes) is 22. The Morgan fingerprint density at radius 3 is 0.944 bits per heavy atom. The van der Waals surface area contributed by atoms with Crippen LogP contribution >= 0.6 is 0 Å². The third-order valence-corrected chi connectivity index (χ3v) is 8.06. The number of likely N-dealkylation sites (tertiary alicyclic amines) is 1. The van der Waals surface area contributed by atoms with Crippen LogP contribution in [0.25, 0.3) is 0 Å². The third kappa shape index (κ3) is 20.9. The average Bonchev–Trinajstić information content (AvgIpc) is 3.23. The van der Waals surface area contributed by atoms with Gasteiger partial charge >= 0.3 is 0 Å². The summed E-state index contributed by atoms with van der Waals surface area (Å²) in [5.41, 5.74) is 0. The van der Waals surface area contributed by atoms with Crippen molar-refractivity contribution in [2.24, 2.45) is 0 Å². The van der Waals surface area contributed by atoms with Crippen molar-refractivity contribution in [3.8, 4) is 0 Å². The molecule has 1 rings (SSSR count). The molecule has 0 N–H and O–H groups in total. The van der Waals surface area contributed by atoms with Gasteiger partial charge in [0.1, 0.15) is 0 Å². The Kier molecular flexibility index (Phi) is 24.9. The first-order chi connectivity index (χ1) is 17.8. The van der Waals surface area contributed by atoms with Gasteiger partial charge < -0.3 is 14.4 Å². The molecule has 0 amide bonds. The summed E-state index contributed by atoms with van der Waals surface area (Å²) in [6.07, 6.45) is 34.1. The highest BCUT2D eigenvalue weighted by Crippen LogP contribution is 2.18. The van der Waals surface area contributed by atoms with Gasteiger partial charge in [0.05, 0.1) is 12.2 Å². The van der Waals surface area contributed by atoms with Crippen molar-refractivity contribution < 1.29 is 9.47 Å². The van der Waals surface area contributed by atoms with Crippen LogP contribution in [0.15, 0.2) is 0 Å². The number of hydrogen-bond donors (Lipinski definition) is 0. The third-order valence-electron chi connectivity index (χ3n) is 8.06. The zero-order valence-corrected chi connectivity index (χ0v) is 25.2. The first kappa shape index (κ1) is 33.9. The van der Waals surface area contributed by atoms with E-state index in [1.54, 1.807) is 0 Å². The lowest BCUT2D eigenvalue weighted by atomic mass is 10.1. The van der Waals surface area contributed by atoms with Gasteiger partial charge in [0.15, 0.2) is 0 Å². The summed E-state index contributed by atoms with van der Waals surface area (Å²) >= 11 is 0. The van der Waals surface area contributed by atoms with Crippen LogP contribution in [-0.4, -0.2) is 50.5 Å². The number of ether oxygens (including phenoxy) is 2. The number of likely N-dealkylation sites (N-methyl/N-ethyl adjacent to an activating group) is 1.